The summed E-state index contributed by atoms with van der Waals surface area (Å²) in [6, 6.07) is 3.96. The van der Waals surface area contributed by atoms with Crippen LogP contribution in [0, 0.1) is 11.3 Å². The number of carbonyl (C=O) groups is 1. The van der Waals surface area contributed by atoms with Crippen LogP contribution in [0.1, 0.15) is 21.5 Å². The second-order valence-electron chi connectivity index (χ2n) is 2.97. The lowest BCUT2D eigenvalue weighted by Crippen LogP contribution is -2.12. The molecule has 0 spiro atoms. The topological polar surface area (TPSA) is 96.3 Å². The fourth-order valence-corrected chi connectivity index (χ4v) is 1.33. The molecule has 90 valence electrons. The standard InChI is InChI=1S/C10H8F2N2O3/c11-10(12)17-7-2-1-5(3-13)6(4-14)8(7)9(15)16/h1-2,10H,3,13H2,(H,15,16). The van der Waals surface area contributed by atoms with Gasteiger partial charge in [-0.25, -0.2) is 4.79 Å². The summed E-state index contributed by atoms with van der Waals surface area (Å²) in [5.41, 5.74) is 4.70. The molecule has 0 aliphatic rings. The Hall–Kier alpha value is -2.20. The fourth-order valence-electron chi connectivity index (χ4n) is 1.33. The van der Waals surface area contributed by atoms with E-state index in [1.165, 1.54) is 6.07 Å². The summed E-state index contributed by atoms with van der Waals surface area (Å²) in [7, 11) is 0. The van der Waals surface area contributed by atoms with Crippen molar-refractivity contribution in [3.05, 3.63) is 28.8 Å². The van der Waals surface area contributed by atoms with Crippen LogP contribution in [-0.4, -0.2) is 17.7 Å². The van der Waals surface area contributed by atoms with Gasteiger partial charge in [0.2, 0.25) is 0 Å². The molecule has 0 atom stereocenters. The average molecular weight is 242 g/mol. The van der Waals surface area contributed by atoms with Crippen molar-refractivity contribution in [3.8, 4) is 11.8 Å². The number of benzene rings is 1. The first-order valence-corrected chi connectivity index (χ1v) is 4.45. The minimum absolute atomic E-state index is 0.0713. The molecule has 1 aromatic carbocycles. The number of aromatic carboxylic acids is 1. The summed E-state index contributed by atoms with van der Waals surface area (Å²) in [6.07, 6.45) is 0. The molecule has 0 aliphatic carbocycles. The van der Waals surface area contributed by atoms with Gasteiger partial charge in [-0.3, -0.25) is 0 Å². The van der Waals surface area contributed by atoms with Crippen molar-refractivity contribution in [2.24, 2.45) is 5.73 Å². The normalized spacial score (nSPS) is 10.1. The third-order valence-electron chi connectivity index (χ3n) is 2.02. The molecule has 0 saturated heterocycles. The van der Waals surface area contributed by atoms with Gasteiger partial charge in [0.1, 0.15) is 17.4 Å². The summed E-state index contributed by atoms with van der Waals surface area (Å²) in [6.45, 7) is -3.23. The molecular weight excluding hydrogens is 234 g/mol. The Kier molecular flexibility index (Phi) is 3.96. The van der Waals surface area contributed by atoms with Gasteiger partial charge in [-0.05, 0) is 11.6 Å². The second-order valence-corrected chi connectivity index (χ2v) is 2.97. The van der Waals surface area contributed by atoms with E-state index in [2.05, 4.69) is 4.74 Å². The van der Waals surface area contributed by atoms with E-state index in [0.29, 0.717) is 0 Å². The van der Waals surface area contributed by atoms with Crippen molar-refractivity contribution in [2.45, 2.75) is 13.2 Å². The number of hydrogen-bond donors (Lipinski definition) is 2. The van der Waals surface area contributed by atoms with E-state index >= 15 is 0 Å². The zero-order valence-corrected chi connectivity index (χ0v) is 8.48. The third-order valence-corrected chi connectivity index (χ3v) is 2.02. The number of nitrogens with two attached hydrogens (primary N) is 1. The maximum atomic E-state index is 12.1. The van der Waals surface area contributed by atoms with Crippen molar-refractivity contribution < 1.29 is 23.4 Å². The van der Waals surface area contributed by atoms with Gasteiger partial charge in [0.25, 0.3) is 0 Å². The van der Waals surface area contributed by atoms with Crippen LogP contribution in [0.25, 0.3) is 0 Å². The van der Waals surface area contributed by atoms with Crippen LogP contribution in [0.15, 0.2) is 12.1 Å². The highest BCUT2D eigenvalue weighted by atomic mass is 19.3. The SMILES string of the molecule is N#Cc1c(CN)ccc(OC(F)F)c1C(=O)O. The van der Waals surface area contributed by atoms with Gasteiger partial charge < -0.3 is 15.6 Å². The fraction of sp³-hybridized carbons (Fsp3) is 0.200. The molecule has 0 saturated carbocycles. The Balaban J connectivity index is 3.43. The minimum Gasteiger partial charge on any atom is -0.478 e. The predicted octanol–water partition coefficient (Wildman–Crippen LogP) is 1.32. The lowest BCUT2D eigenvalue weighted by molar-refractivity contribution is -0.0503. The number of nitrogens with zero attached hydrogens (tertiary/aromatic N) is 1. The number of carboxylic acids is 1. The van der Waals surface area contributed by atoms with Crippen LogP contribution in [0.5, 0.6) is 5.75 Å². The smallest absolute Gasteiger partial charge is 0.387 e. The molecular formula is C10H8F2N2O3. The monoisotopic (exact) mass is 242 g/mol. The van der Waals surface area contributed by atoms with Gasteiger partial charge in [0.15, 0.2) is 0 Å². The lowest BCUT2D eigenvalue weighted by Gasteiger charge is -2.11. The van der Waals surface area contributed by atoms with E-state index in [4.69, 9.17) is 16.1 Å². The molecule has 0 amide bonds. The quantitative estimate of drug-likeness (QED) is 0.829. The average Bonchev–Trinajstić information content (AvgIpc) is 2.26. The number of alkyl halides is 2. The minimum atomic E-state index is -3.16. The molecule has 0 radical (unpaired) electrons. The molecule has 17 heavy (non-hydrogen) atoms. The molecule has 1 rings (SSSR count). The van der Waals surface area contributed by atoms with Crippen molar-refractivity contribution in [3.63, 3.8) is 0 Å². The maximum absolute atomic E-state index is 12.1. The summed E-state index contributed by atoms with van der Waals surface area (Å²) in [5.74, 6) is -2.08. The van der Waals surface area contributed by atoms with Crippen LogP contribution in [0.2, 0.25) is 0 Å². The van der Waals surface area contributed by atoms with Gasteiger partial charge in [-0.2, -0.15) is 14.0 Å². The van der Waals surface area contributed by atoms with Crippen LogP contribution < -0.4 is 10.5 Å². The highest BCUT2D eigenvalue weighted by Crippen LogP contribution is 2.26. The summed E-state index contributed by atoms with van der Waals surface area (Å²) in [4.78, 5) is 10.9. The first kappa shape index (κ1) is 12.9. The van der Waals surface area contributed by atoms with Crippen molar-refractivity contribution in [2.75, 3.05) is 0 Å². The highest BCUT2D eigenvalue weighted by molar-refractivity contribution is 5.94. The largest absolute Gasteiger partial charge is 0.478 e. The Bertz CT molecular complexity index is 483. The van der Waals surface area contributed by atoms with Crippen LogP contribution in [0.4, 0.5) is 8.78 Å². The first-order chi connectivity index (χ1) is 8.01. The molecule has 3 N–H and O–H groups in total. The van der Waals surface area contributed by atoms with Crippen LogP contribution in [0.3, 0.4) is 0 Å². The molecule has 0 unspecified atom stereocenters. The van der Waals surface area contributed by atoms with Crippen molar-refractivity contribution in [1.29, 1.82) is 5.26 Å². The lowest BCUT2D eigenvalue weighted by atomic mass is 10.0. The molecule has 0 heterocycles. The molecule has 0 aliphatic heterocycles. The Labute approximate surface area is 95.0 Å². The Morgan fingerprint density at radius 2 is 2.24 bits per heavy atom. The zero-order valence-electron chi connectivity index (χ0n) is 8.48. The predicted molar refractivity (Wildman–Crippen MR) is 52.6 cm³/mol. The van der Waals surface area contributed by atoms with E-state index < -0.39 is 23.9 Å². The summed E-state index contributed by atoms with van der Waals surface area (Å²) in [5, 5.41) is 17.7. The first-order valence-electron chi connectivity index (χ1n) is 4.45. The van der Waals surface area contributed by atoms with Gasteiger partial charge in [-0.15, -0.1) is 0 Å². The number of halogens is 2. The van der Waals surface area contributed by atoms with E-state index in [9.17, 15) is 13.6 Å². The maximum Gasteiger partial charge on any atom is 0.387 e. The Morgan fingerprint density at radius 3 is 2.65 bits per heavy atom. The number of carboxylic acid groups (broad SMARTS) is 1. The molecule has 1 aromatic rings. The number of rotatable bonds is 4. The molecule has 0 bridgehead atoms. The highest BCUT2D eigenvalue weighted by Gasteiger charge is 2.21. The summed E-state index contributed by atoms with van der Waals surface area (Å²) >= 11 is 0. The number of nitriles is 1. The van der Waals surface area contributed by atoms with Crippen LogP contribution >= 0.6 is 0 Å². The van der Waals surface area contributed by atoms with E-state index in [1.54, 1.807) is 6.07 Å². The van der Waals surface area contributed by atoms with Gasteiger partial charge >= 0.3 is 12.6 Å². The second kappa shape index (κ2) is 5.23. The van der Waals surface area contributed by atoms with E-state index in [0.717, 1.165) is 6.07 Å². The molecule has 0 fully saturated rings. The zero-order chi connectivity index (χ0) is 13.0. The van der Waals surface area contributed by atoms with E-state index in [-0.39, 0.29) is 17.7 Å². The summed E-state index contributed by atoms with van der Waals surface area (Å²) < 4.78 is 28.2. The van der Waals surface area contributed by atoms with E-state index in [1.807, 2.05) is 0 Å². The van der Waals surface area contributed by atoms with Gasteiger partial charge in [0, 0.05) is 6.54 Å². The van der Waals surface area contributed by atoms with Crippen molar-refractivity contribution in [1.82, 2.24) is 0 Å². The number of hydrogen-bond acceptors (Lipinski definition) is 4. The van der Waals surface area contributed by atoms with Crippen molar-refractivity contribution >= 4 is 5.97 Å². The molecule has 0 aromatic heterocycles. The van der Waals surface area contributed by atoms with Crippen LogP contribution in [-0.2, 0) is 6.54 Å². The molecule has 7 heteroatoms. The molecule has 5 nitrogen and oxygen atoms in total. The van der Waals surface area contributed by atoms with Gasteiger partial charge in [-0.1, -0.05) is 6.07 Å². The van der Waals surface area contributed by atoms with Gasteiger partial charge in [0.05, 0.1) is 5.56 Å². The third kappa shape index (κ3) is 2.68. The number of ether oxygens (including phenoxy) is 1. The Morgan fingerprint density at radius 1 is 1.59 bits per heavy atom.